The second-order valence-electron chi connectivity index (χ2n) is 7.43. The maximum atomic E-state index is 12.0. The third kappa shape index (κ3) is 6.33. The zero-order valence-corrected chi connectivity index (χ0v) is 19.5. The fraction of sp³-hybridized carbons (Fsp3) is 0.429. The Bertz CT molecular complexity index is 951. The lowest BCUT2D eigenvalue weighted by Crippen LogP contribution is -2.34. The van der Waals surface area contributed by atoms with E-state index >= 15 is 0 Å². The maximum absolute atomic E-state index is 12.0. The van der Waals surface area contributed by atoms with Crippen molar-refractivity contribution in [1.82, 2.24) is 4.72 Å². The molecule has 4 nitrogen and oxygen atoms in total. The highest BCUT2D eigenvalue weighted by Crippen LogP contribution is 2.35. The number of rotatable bonds is 7. The van der Waals surface area contributed by atoms with E-state index in [0.717, 1.165) is 30.4 Å². The topological polar surface area (TPSA) is 72.2 Å². The first-order valence-corrected chi connectivity index (χ1v) is 12.0. The maximum Gasteiger partial charge on any atom is 0.211 e. The fourth-order valence-electron chi connectivity index (χ4n) is 3.80. The third-order valence-electron chi connectivity index (χ3n) is 5.28. The van der Waals surface area contributed by atoms with Crippen LogP contribution in [0.2, 0.25) is 10.0 Å². The Morgan fingerprint density at radius 1 is 1.10 bits per heavy atom. The Kier molecular flexibility index (Phi) is 8.83. The van der Waals surface area contributed by atoms with Gasteiger partial charge in [-0.3, -0.25) is 0 Å². The molecule has 3 N–H and O–H groups in total. The van der Waals surface area contributed by atoms with Crippen molar-refractivity contribution in [3.05, 3.63) is 68.7 Å². The molecular formula is C21H27Cl3N2O2S. The molecule has 0 saturated carbocycles. The number of halogens is 3. The summed E-state index contributed by atoms with van der Waals surface area (Å²) in [5, 5.41) is 1.09. The molecule has 2 atom stereocenters. The number of fused-ring (bicyclic) bond motifs is 1. The van der Waals surface area contributed by atoms with Crippen LogP contribution >= 0.6 is 35.6 Å². The predicted molar refractivity (Wildman–Crippen MR) is 124 cm³/mol. The number of aryl methyl sites for hydroxylation is 1. The molecule has 0 saturated heterocycles. The van der Waals surface area contributed by atoms with Gasteiger partial charge in [0.15, 0.2) is 0 Å². The summed E-state index contributed by atoms with van der Waals surface area (Å²) >= 11 is 12.2. The first kappa shape index (κ1) is 24.4. The minimum Gasteiger partial charge on any atom is -0.327 e. The van der Waals surface area contributed by atoms with Crippen LogP contribution in [0.3, 0.4) is 0 Å². The van der Waals surface area contributed by atoms with Crippen LogP contribution in [-0.4, -0.2) is 20.2 Å². The minimum atomic E-state index is -3.23. The molecule has 160 valence electrons. The van der Waals surface area contributed by atoms with Crippen LogP contribution in [0.25, 0.3) is 0 Å². The molecule has 1 aliphatic carbocycles. The van der Waals surface area contributed by atoms with Crippen molar-refractivity contribution in [2.24, 2.45) is 5.73 Å². The van der Waals surface area contributed by atoms with Gasteiger partial charge in [-0.05, 0) is 60.1 Å². The van der Waals surface area contributed by atoms with E-state index in [-0.39, 0.29) is 30.1 Å². The molecule has 2 unspecified atom stereocenters. The summed E-state index contributed by atoms with van der Waals surface area (Å²) in [6, 6.07) is 11.9. The minimum absolute atomic E-state index is 0. The van der Waals surface area contributed by atoms with Gasteiger partial charge in [-0.15, -0.1) is 12.4 Å². The van der Waals surface area contributed by atoms with Gasteiger partial charge in [0.2, 0.25) is 10.0 Å². The quantitative estimate of drug-likeness (QED) is 0.599. The number of sulfonamides is 1. The smallest absolute Gasteiger partial charge is 0.211 e. The van der Waals surface area contributed by atoms with E-state index in [1.165, 1.54) is 11.1 Å². The lowest BCUT2D eigenvalue weighted by Gasteiger charge is -2.32. The molecule has 0 bridgehead atoms. The van der Waals surface area contributed by atoms with E-state index in [4.69, 9.17) is 28.9 Å². The van der Waals surface area contributed by atoms with Crippen molar-refractivity contribution in [3.63, 3.8) is 0 Å². The van der Waals surface area contributed by atoms with Crippen molar-refractivity contribution in [2.75, 3.05) is 5.75 Å². The highest BCUT2D eigenvalue weighted by atomic mass is 35.5. The molecular weight excluding hydrogens is 451 g/mol. The van der Waals surface area contributed by atoms with E-state index in [9.17, 15) is 8.42 Å². The van der Waals surface area contributed by atoms with Crippen LogP contribution in [0.4, 0.5) is 0 Å². The summed E-state index contributed by atoms with van der Waals surface area (Å²) in [6.07, 6.45) is 3.24. The summed E-state index contributed by atoms with van der Waals surface area (Å²) in [4.78, 5) is 0. The summed E-state index contributed by atoms with van der Waals surface area (Å²) < 4.78 is 26.6. The zero-order valence-electron chi connectivity index (χ0n) is 16.3. The molecule has 0 amide bonds. The number of benzene rings is 2. The van der Waals surface area contributed by atoms with Gasteiger partial charge in [-0.1, -0.05) is 54.4 Å². The largest absolute Gasteiger partial charge is 0.327 e. The van der Waals surface area contributed by atoms with Gasteiger partial charge in [-0.2, -0.15) is 0 Å². The Morgan fingerprint density at radius 2 is 1.83 bits per heavy atom. The normalized spacial score (nSPS) is 18.8. The van der Waals surface area contributed by atoms with Crippen molar-refractivity contribution >= 4 is 45.6 Å². The summed E-state index contributed by atoms with van der Waals surface area (Å²) in [5.41, 5.74) is 11.0. The lowest BCUT2D eigenvalue weighted by atomic mass is 9.76. The van der Waals surface area contributed by atoms with Crippen molar-refractivity contribution in [1.29, 1.82) is 0 Å². The molecule has 8 heteroatoms. The molecule has 2 aromatic carbocycles. The van der Waals surface area contributed by atoms with Gasteiger partial charge < -0.3 is 5.73 Å². The van der Waals surface area contributed by atoms with Crippen LogP contribution in [-0.2, 0) is 29.4 Å². The van der Waals surface area contributed by atoms with Gasteiger partial charge in [0.1, 0.15) is 0 Å². The summed E-state index contributed by atoms with van der Waals surface area (Å²) in [5.74, 6) is 0.302. The molecule has 0 spiro atoms. The van der Waals surface area contributed by atoms with Crippen molar-refractivity contribution in [3.8, 4) is 0 Å². The number of hydrogen-bond donors (Lipinski definition) is 2. The van der Waals surface area contributed by atoms with Crippen LogP contribution in [0.1, 0.15) is 47.9 Å². The van der Waals surface area contributed by atoms with Gasteiger partial charge in [0, 0.05) is 18.5 Å². The second-order valence-corrected chi connectivity index (χ2v) is 10.2. The average molecular weight is 478 g/mol. The Labute approximate surface area is 189 Å². The Hall–Kier alpha value is -0.820. The Morgan fingerprint density at radius 3 is 2.52 bits per heavy atom. The van der Waals surface area contributed by atoms with Gasteiger partial charge >= 0.3 is 0 Å². The predicted octanol–water partition coefficient (Wildman–Crippen LogP) is 4.84. The van der Waals surface area contributed by atoms with E-state index in [2.05, 4.69) is 16.9 Å². The molecule has 2 aromatic rings. The van der Waals surface area contributed by atoms with Crippen molar-refractivity contribution in [2.45, 2.75) is 51.1 Å². The standard InChI is InChI=1S/C21H26Cl2N2O2S.ClH/c1-2-9-28(26,27)25-13-15-3-5-16-6-8-21(24)18(17(16)11-15)10-14-4-7-19(22)20(23)12-14;/h3-5,7,11-12,18,21,25H,2,6,8-10,13,24H2,1H3;1H. The van der Waals surface area contributed by atoms with Crippen molar-refractivity contribution < 1.29 is 8.42 Å². The summed E-state index contributed by atoms with van der Waals surface area (Å²) in [6.45, 7) is 2.15. The van der Waals surface area contributed by atoms with E-state index in [1.807, 2.05) is 31.2 Å². The molecule has 1 aliphatic rings. The van der Waals surface area contributed by atoms with Crippen LogP contribution in [0.15, 0.2) is 36.4 Å². The lowest BCUT2D eigenvalue weighted by molar-refractivity contribution is 0.467. The molecule has 0 aromatic heterocycles. The van der Waals surface area contributed by atoms with Gasteiger partial charge in [0.05, 0.1) is 15.8 Å². The molecule has 0 radical (unpaired) electrons. The number of nitrogens with two attached hydrogens (primary N) is 1. The van der Waals surface area contributed by atoms with Crippen LogP contribution < -0.4 is 10.5 Å². The van der Waals surface area contributed by atoms with Gasteiger partial charge in [0.25, 0.3) is 0 Å². The fourth-order valence-corrected chi connectivity index (χ4v) is 5.19. The number of hydrogen-bond acceptors (Lipinski definition) is 3. The zero-order chi connectivity index (χ0) is 20.3. The third-order valence-corrected chi connectivity index (χ3v) is 7.55. The molecule has 3 rings (SSSR count). The highest BCUT2D eigenvalue weighted by molar-refractivity contribution is 7.89. The summed E-state index contributed by atoms with van der Waals surface area (Å²) in [7, 11) is -3.23. The first-order valence-electron chi connectivity index (χ1n) is 9.57. The van der Waals surface area contributed by atoms with Crippen LogP contribution in [0.5, 0.6) is 0 Å². The molecule has 0 fully saturated rings. The average Bonchev–Trinajstić information content (AvgIpc) is 2.65. The monoisotopic (exact) mass is 476 g/mol. The second kappa shape index (κ2) is 10.5. The molecule has 0 aliphatic heterocycles. The highest BCUT2D eigenvalue weighted by Gasteiger charge is 2.27. The molecule has 29 heavy (non-hydrogen) atoms. The van der Waals surface area contributed by atoms with E-state index in [1.54, 1.807) is 0 Å². The van der Waals surface area contributed by atoms with Crippen LogP contribution in [0, 0.1) is 0 Å². The van der Waals surface area contributed by atoms with E-state index < -0.39 is 10.0 Å². The SMILES string of the molecule is CCCS(=O)(=O)NCc1ccc2c(c1)C(Cc1ccc(Cl)c(Cl)c1)C(N)CC2.Cl. The Balaban J connectivity index is 0.00000300. The van der Waals surface area contributed by atoms with Gasteiger partial charge in [-0.25, -0.2) is 13.1 Å². The van der Waals surface area contributed by atoms with E-state index in [0.29, 0.717) is 23.0 Å². The molecule has 0 heterocycles. The first-order chi connectivity index (χ1) is 13.3. The number of nitrogens with one attached hydrogen (secondary N) is 1.